The Morgan fingerprint density at radius 3 is 2.26 bits per heavy atom. The molecule has 1 aromatic carbocycles. The van der Waals surface area contributed by atoms with Crippen molar-refractivity contribution in [3.8, 4) is 11.5 Å². The fourth-order valence-corrected chi connectivity index (χ4v) is 3.41. The summed E-state index contributed by atoms with van der Waals surface area (Å²) >= 11 is 3.44. The van der Waals surface area contributed by atoms with E-state index >= 15 is 0 Å². The van der Waals surface area contributed by atoms with Gasteiger partial charge in [-0.3, -0.25) is 0 Å². The highest BCUT2D eigenvalue weighted by atomic mass is 79.9. The van der Waals surface area contributed by atoms with Crippen molar-refractivity contribution >= 4 is 15.9 Å². The summed E-state index contributed by atoms with van der Waals surface area (Å²) in [4.78, 5) is 0. The van der Waals surface area contributed by atoms with Crippen molar-refractivity contribution in [1.29, 1.82) is 0 Å². The van der Waals surface area contributed by atoms with Crippen molar-refractivity contribution in [1.82, 2.24) is 0 Å². The first-order chi connectivity index (χ1) is 9.01. The SMILES string of the molecule is COc1cc(C(O)C2(C)CCCC2)c(OC)cc1Br. The second-order valence-electron chi connectivity index (χ2n) is 5.49. The Morgan fingerprint density at radius 2 is 1.74 bits per heavy atom. The maximum atomic E-state index is 10.8. The van der Waals surface area contributed by atoms with Crippen molar-refractivity contribution in [2.75, 3.05) is 14.2 Å². The van der Waals surface area contributed by atoms with E-state index in [-0.39, 0.29) is 5.41 Å². The molecule has 1 aromatic rings. The number of aliphatic hydroxyl groups excluding tert-OH is 1. The molecule has 0 aromatic heterocycles. The number of hydrogen-bond acceptors (Lipinski definition) is 3. The predicted octanol–water partition coefficient (Wildman–Crippen LogP) is 4.08. The van der Waals surface area contributed by atoms with Crippen LogP contribution >= 0.6 is 15.9 Å². The minimum atomic E-state index is -0.521. The smallest absolute Gasteiger partial charge is 0.133 e. The van der Waals surface area contributed by atoms with E-state index in [9.17, 15) is 5.11 Å². The van der Waals surface area contributed by atoms with Gasteiger partial charge in [0.25, 0.3) is 0 Å². The van der Waals surface area contributed by atoms with Crippen LogP contribution in [0.5, 0.6) is 11.5 Å². The summed E-state index contributed by atoms with van der Waals surface area (Å²) < 4.78 is 11.6. The predicted molar refractivity (Wildman–Crippen MR) is 78.8 cm³/mol. The number of rotatable bonds is 4. The van der Waals surface area contributed by atoms with Crippen LogP contribution in [0.4, 0.5) is 0 Å². The van der Waals surface area contributed by atoms with Crippen molar-refractivity contribution in [3.05, 3.63) is 22.2 Å². The molecule has 19 heavy (non-hydrogen) atoms. The first-order valence-electron chi connectivity index (χ1n) is 6.61. The first kappa shape index (κ1) is 14.7. The molecular weight excluding hydrogens is 308 g/mol. The quantitative estimate of drug-likeness (QED) is 0.905. The van der Waals surface area contributed by atoms with Gasteiger partial charge in [-0.1, -0.05) is 19.8 Å². The molecule has 1 atom stereocenters. The van der Waals surface area contributed by atoms with Crippen LogP contribution in [0.15, 0.2) is 16.6 Å². The minimum absolute atomic E-state index is 0.0634. The summed E-state index contributed by atoms with van der Waals surface area (Å²) in [7, 11) is 3.25. The lowest BCUT2D eigenvalue weighted by atomic mass is 9.79. The molecule has 1 aliphatic carbocycles. The third kappa shape index (κ3) is 2.75. The largest absolute Gasteiger partial charge is 0.496 e. The molecular formula is C15H21BrO3. The number of aliphatic hydroxyl groups is 1. The van der Waals surface area contributed by atoms with Crippen LogP contribution in [0.25, 0.3) is 0 Å². The van der Waals surface area contributed by atoms with Crippen molar-refractivity contribution in [2.45, 2.75) is 38.7 Å². The van der Waals surface area contributed by atoms with E-state index in [1.807, 2.05) is 12.1 Å². The molecule has 0 aliphatic heterocycles. The molecule has 3 nitrogen and oxygen atoms in total. The molecule has 1 N–H and O–H groups in total. The van der Waals surface area contributed by atoms with E-state index in [0.717, 1.165) is 28.6 Å². The van der Waals surface area contributed by atoms with E-state index in [0.29, 0.717) is 5.75 Å². The average Bonchev–Trinajstić information content (AvgIpc) is 2.85. The Kier molecular flexibility index (Phi) is 4.41. The third-order valence-corrected chi connectivity index (χ3v) is 4.82. The van der Waals surface area contributed by atoms with Crippen LogP contribution in [0, 0.1) is 5.41 Å². The second-order valence-corrected chi connectivity index (χ2v) is 6.35. The molecule has 0 heterocycles. The highest BCUT2D eigenvalue weighted by Gasteiger charge is 2.38. The molecule has 1 aliphatic rings. The van der Waals surface area contributed by atoms with Gasteiger partial charge < -0.3 is 14.6 Å². The Bertz CT molecular complexity index is 453. The number of ether oxygens (including phenoxy) is 2. The fraction of sp³-hybridized carbons (Fsp3) is 0.600. The Balaban J connectivity index is 2.42. The summed E-state index contributed by atoms with van der Waals surface area (Å²) in [5.41, 5.74) is 0.749. The lowest BCUT2D eigenvalue weighted by molar-refractivity contribution is 0.0387. The maximum absolute atomic E-state index is 10.8. The number of methoxy groups -OCH3 is 2. The van der Waals surface area contributed by atoms with Crippen LogP contribution in [0.3, 0.4) is 0 Å². The van der Waals surface area contributed by atoms with Gasteiger partial charge in [0.2, 0.25) is 0 Å². The van der Waals surface area contributed by atoms with E-state index in [2.05, 4.69) is 22.9 Å². The summed E-state index contributed by atoms with van der Waals surface area (Å²) in [6, 6.07) is 3.73. The van der Waals surface area contributed by atoms with Crippen LogP contribution < -0.4 is 9.47 Å². The van der Waals surface area contributed by atoms with Gasteiger partial charge in [-0.15, -0.1) is 0 Å². The normalized spacial score (nSPS) is 19.2. The summed E-state index contributed by atoms with van der Waals surface area (Å²) in [6.45, 7) is 2.15. The molecule has 2 rings (SSSR count). The molecule has 0 spiro atoms. The average molecular weight is 329 g/mol. The number of hydrogen-bond donors (Lipinski definition) is 1. The Morgan fingerprint density at radius 1 is 1.16 bits per heavy atom. The summed E-state index contributed by atoms with van der Waals surface area (Å²) in [5.74, 6) is 1.42. The molecule has 0 radical (unpaired) electrons. The van der Waals surface area contributed by atoms with Gasteiger partial charge in [-0.05, 0) is 46.3 Å². The molecule has 4 heteroatoms. The lowest BCUT2D eigenvalue weighted by Crippen LogP contribution is -2.22. The minimum Gasteiger partial charge on any atom is -0.496 e. The molecule has 0 amide bonds. The molecule has 0 bridgehead atoms. The molecule has 1 saturated carbocycles. The van der Waals surface area contributed by atoms with Crippen LogP contribution in [-0.4, -0.2) is 19.3 Å². The van der Waals surface area contributed by atoms with Gasteiger partial charge in [-0.2, -0.15) is 0 Å². The summed E-state index contributed by atoms with van der Waals surface area (Å²) in [6.07, 6.45) is 3.95. The molecule has 1 unspecified atom stereocenters. The molecule has 106 valence electrons. The molecule has 1 fully saturated rings. The van der Waals surface area contributed by atoms with Gasteiger partial charge in [-0.25, -0.2) is 0 Å². The number of benzene rings is 1. The Labute approximate surface area is 123 Å². The number of halogens is 1. The van der Waals surface area contributed by atoms with Crippen LogP contribution in [0.2, 0.25) is 0 Å². The second kappa shape index (κ2) is 5.71. The van der Waals surface area contributed by atoms with Crippen molar-refractivity contribution < 1.29 is 14.6 Å². The monoisotopic (exact) mass is 328 g/mol. The van der Waals surface area contributed by atoms with E-state index in [1.54, 1.807) is 14.2 Å². The van der Waals surface area contributed by atoms with Crippen LogP contribution in [0.1, 0.15) is 44.3 Å². The maximum Gasteiger partial charge on any atom is 0.133 e. The van der Waals surface area contributed by atoms with E-state index in [1.165, 1.54) is 12.8 Å². The van der Waals surface area contributed by atoms with Gasteiger partial charge in [0.15, 0.2) is 0 Å². The lowest BCUT2D eigenvalue weighted by Gasteiger charge is -2.31. The van der Waals surface area contributed by atoms with Crippen molar-refractivity contribution in [3.63, 3.8) is 0 Å². The topological polar surface area (TPSA) is 38.7 Å². The van der Waals surface area contributed by atoms with E-state index < -0.39 is 6.10 Å². The summed E-state index contributed by atoms with van der Waals surface area (Å²) in [5, 5.41) is 10.8. The zero-order chi connectivity index (χ0) is 14.0. The highest BCUT2D eigenvalue weighted by Crippen LogP contribution is 2.50. The first-order valence-corrected chi connectivity index (χ1v) is 7.40. The van der Waals surface area contributed by atoms with Gasteiger partial charge >= 0.3 is 0 Å². The van der Waals surface area contributed by atoms with E-state index in [4.69, 9.17) is 9.47 Å². The Hall–Kier alpha value is -0.740. The third-order valence-electron chi connectivity index (χ3n) is 4.20. The standard InChI is InChI=1S/C15H21BrO3/c1-15(6-4-5-7-15)14(17)10-8-13(19-3)11(16)9-12(10)18-2/h8-9,14,17H,4-7H2,1-3H3. The fourth-order valence-electron chi connectivity index (χ4n) is 2.93. The zero-order valence-electron chi connectivity index (χ0n) is 11.7. The highest BCUT2D eigenvalue weighted by molar-refractivity contribution is 9.10. The van der Waals surface area contributed by atoms with Crippen molar-refractivity contribution in [2.24, 2.45) is 5.41 Å². The van der Waals surface area contributed by atoms with Crippen LogP contribution in [-0.2, 0) is 0 Å². The zero-order valence-corrected chi connectivity index (χ0v) is 13.3. The van der Waals surface area contributed by atoms with Gasteiger partial charge in [0, 0.05) is 5.56 Å². The molecule has 0 saturated heterocycles. The van der Waals surface area contributed by atoms with Gasteiger partial charge in [0.05, 0.1) is 24.8 Å². The van der Waals surface area contributed by atoms with Gasteiger partial charge in [0.1, 0.15) is 11.5 Å².